The van der Waals surface area contributed by atoms with Crippen LogP contribution in [0.2, 0.25) is 0 Å². The van der Waals surface area contributed by atoms with Crippen LogP contribution < -0.4 is 14.4 Å². The van der Waals surface area contributed by atoms with Crippen molar-refractivity contribution in [1.29, 1.82) is 0 Å². The minimum Gasteiger partial charge on any atom is -0.493 e. The number of pyridine rings is 1. The van der Waals surface area contributed by atoms with Crippen molar-refractivity contribution in [2.45, 2.75) is 12.8 Å². The lowest BCUT2D eigenvalue weighted by molar-refractivity contribution is -0.133. The molecule has 2 aromatic rings. The van der Waals surface area contributed by atoms with E-state index in [0.717, 1.165) is 42.7 Å². The summed E-state index contributed by atoms with van der Waals surface area (Å²) in [5.74, 6) is 2.66. The van der Waals surface area contributed by atoms with Gasteiger partial charge >= 0.3 is 0 Å². The number of benzene rings is 1. The first-order valence-electron chi connectivity index (χ1n) is 8.52. The van der Waals surface area contributed by atoms with E-state index in [9.17, 15) is 4.79 Å². The first-order valence-corrected chi connectivity index (χ1v) is 8.52. The van der Waals surface area contributed by atoms with Crippen molar-refractivity contribution >= 4 is 22.6 Å². The lowest BCUT2D eigenvalue weighted by Gasteiger charge is -2.33. The molecule has 0 spiro atoms. The molecular formula is C19H25N3O3. The van der Waals surface area contributed by atoms with Crippen LogP contribution in [-0.4, -0.2) is 57.2 Å². The van der Waals surface area contributed by atoms with Gasteiger partial charge in [0.05, 0.1) is 19.7 Å². The van der Waals surface area contributed by atoms with Crippen molar-refractivity contribution in [2.75, 3.05) is 46.3 Å². The molecule has 0 unspecified atom stereocenters. The smallest absolute Gasteiger partial charge is 0.225 e. The van der Waals surface area contributed by atoms with Crippen LogP contribution in [0, 0.1) is 5.92 Å². The highest BCUT2D eigenvalue weighted by Gasteiger charge is 2.26. The molecule has 1 saturated heterocycles. The van der Waals surface area contributed by atoms with E-state index >= 15 is 0 Å². The topological polar surface area (TPSA) is 54.9 Å². The molecule has 134 valence electrons. The summed E-state index contributed by atoms with van der Waals surface area (Å²) < 4.78 is 10.7. The number of amides is 1. The van der Waals surface area contributed by atoms with E-state index in [4.69, 9.17) is 14.5 Å². The Morgan fingerprint density at radius 3 is 2.36 bits per heavy atom. The lowest BCUT2D eigenvalue weighted by atomic mass is 9.95. The van der Waals surface area contributed by atoms with Gasteiger partial charge in [-0.1, -0.05) is 0 Å². The Kier molecular flexibility index (Phi) is 4.97. The van der Waals surface area contributed by atoms with E-state index in [-0.39, 0.29) is 11.8 Å². The number of rotatable bonds is 4. The largest absolute Gasteiger partial charge is 0.493 e. The number of aromatic nitrogens is 1. The standard InChI is InChI=1S/C19H25N3O3/c1-21(2)19(23)13-7-9-22(10-8-13)18-6-5-14-11-16(24-3)17(25-4)12-15(14)20-18/h5-6,11-13H,7-10H2,1-4H3. The molecule has 3 rings (SSSR count). The first-order chi connectivity index (χ1) is 12.0. The quantitative estimate of drug-likeness (QED) is 0.854. The molecule has 0 N–H and O–H groups in total. The normalized spacial score (nSPS) is 15.3. The Balaban J connectivity index is 1.79. The molecule has 25 heavy (non-hydrogen) atoms. The van der Waals surface area contributed by atoms with Crippen molar-refractivity contribution in [1.82, 2.24) is 9.88 Å². The maximum Gasteiger partial charge on any atom is 0.225 e. The van der Waals surface area contributed by atoms with Crippen LogP contribution in [0.25, 0.3) is 10.9 Å². The summed E-state index contributed by atoms with van der Waals surface area (Å²) in [5, 5.41) is 1.01. The Morgan fingerprint density at radius 1 is 1.12 bits per heavy atom. The molecule has 0 bridgehead atoms. The van der Waals surface area contributed by atoms with Gasteiger partial charge in [-0.05, 0) is 31.0 Å². The highest BCUT2D eigenvalue weighted by molar-refractivity contribution is 5.84. The monoisotopic (exact) mass is 343 g/mol. The van der Waals surface area contributed by atoms with E-state index < -0.39 is 0 Å². The third kappa shape index (κ3) is 3.48. The SMILES string of the molecule is COc1cc2ccc(N3CCC(C(=O)N(C)C)CC3)nc2cc1OC. The number of piperidine rings is 1. The summed E-state index contributed by atoms with van der Waals surface area (Å²) in [6.07, 6.45) is 1.73. The van der Waals surface area contributed by atoms with E-state index in [2.05, 4.69) is 11.0 Å². The van der Waals surface area contributed by atoms with Gasteiger partial charge in [-0.3, -0.25) is 4.79 Å². The second-order valence-corrected chi connectivity index (χ2v) is 6.56. The van der Waals surface area contributed by atoms with Gasteiger partial charge in [0.25, 0.3) is 0 Å². The minimum absolute atomic E-state index is 0.121. The van der Waals surface area contributed by atoms with E-state index in [1.807, 2.05) is 32.3 Å². The molecule has 2 heterocycles. The molecule has 6 nitrogen and oxygen atoms in total. The molecule has 1 aliphatic heterocycles. The number of ether oxygens (including phenoxy) is 2. The number of hydrogen-bond acceptors (Lipinski definition) is 5. The third-order valence-electron chi connectivity index (χ3n) is 4.79. The summed E-state index contributed by atoms with van der Waals surface area (Å²) in [6.45, 7) is 1.69. The van der Waals surface area contributed by atoms with E-state index in [0.29, 0.717) is 11.5 Å². The van der Waals surface area contributed by atoms with Crippen LogP contribution in [0.4, 0.5) is 5.82 Å². The molecule has 6 heteroatoms. The summed E-state index contributed by atoms with van der Waals surface area (Å²) in [4.78, 5) is 20.8. The van der Waals surface area contributed by atoms with Crippen LogP contribution in [0.1, 0.15) is 12.8 Å². The highest BCUT2D eigenvalue weighted by Crippen LogP contribution is 2.33. The number of nitrogens with zero attached hydrogens (tertiary/aromatic N) is 3. The van der Waals surface area contributed by atoms with E-state index in [1.165, 1.54) is 0 Å². The fraction of sp³-hybridized carbons (Fsp3) is 0.474. The summed E-state index contributed by atoms with van der Waals surface area (Å²) in [6, 6.07) is 7.92. The second-order valence-electron chi connectivity index (χ2n) is 6.56. The zero-order valence-electron chi connectivity index (χ0n) is 15.3. The average molecular weight is 343 g/mol. The van der Waals surface area contributed by atoms with Crippen molar-refractivity contribution in [3.05, 3.63) is 24.3 Å². The van der Waals surface area contributed by atoms with Gasteiger partial charge in [0, 0.05) is 44.6 Å². The molecule has 1 aliphatic rings. The van der Waals surface area contributed by atoms with Crippen molar-refractivity contribution < 1.29 is 14.3 Å². The Bertz CT molecular complexity index is 768. The lowest BCUT2D eigenvalue weighted by Crippen LogP contribution is -2.40. The average Bonchev–Trinajstić information content (AvgIpc) is 2.65. The number of fused-ring (bicyclic) bond motifs is 1. The van der Waals surface area contributed by atoms with E-state index in [1.54, 1.807) is 19.1 Å². The van der Waals surface area contributed by atoms with Gasteiger partial charge in [-0.25, -0.2) is 4.98 Å². The number of carbonyl (C=O) groups is 1. The molecule has 1 aromatic heterocycles. The molecule has 0 aliphatic carbocycles. The van der Waals surface area contributed by atoms with Gasteiger partial charge in [0.15, 0.2) is 11.5 Å². The van der Waals surface area contributed by atoms with Gasteiger partial charge in [0.2, 0.25) is 5.91 Å². The van der Waals surface area contributed by atoms with Gasteiger partial charge in [-0.2, -0.15) is 0 Å². The predicted octanol–water partition coefficient (Wildman–Crippen LogP) is 2.56. The number of hydrogen-bond donors (Lipinski definition) is 0. The molecule has 0 saturated carbocycles. The maximum atomic E-state index is 12.1. The molecular weight excluding hydrogens is 318 g/mol. The molecule has 1 fully saturated rings. The minimum atomic E-state index is 0.121. The maximum absolute atomic E-state index is 12.1. The zero-order valence-corrected chi connectivity index (χ0v) is 15.3. The zero-order chi connectivity index (χ0) is 18.0. The molecule has 0 radical (unpaired) electrons. The summed E-state index contributed by atoms with van der Waals surface area (Å²) in [5.41, 5.74) is 0.877. The molecule has 1 aromatic carbocycles. The Hall–Kier alpha value is -2.50. The van der Waals surface area contributed by atoms with Gasteiger partial charge < -0.3 is 19.3 Å². The van der Waals surface area contributed by atoms with Crippen molar-refractivity contribution in [3.63, 3.8) is 0 Å². The number of methoxy groups -OCH3 is 2. The summed E-state index contributed by atoms with van der Waals surface area (Å²) >= 11 is 0. The van der Waals surface area contributed by atoms with Crippen LogP contribution in [-0.2, 0) is 4.79 Å². The number of anilines is 1. The van der Waals surface area contributed by atoms with Crippen molar-refractivity contribution in [2.24, 2.45) is 5.92 Å². The number of carbonyl (C=O) groups excluding carboxylic acids is 1. The first kappa shape index (κ1) is 17.3. The molecule has 0 atom stereocenters. The fourth-order valence-corrected chi connectivity index (χ4v) is 3.34. The fourth-order valence-electron chi connectivity index (χ4n) is 3.34. The van der Waals surface area contributed by atoms with Crippen LogP contribution in [0.3, 0.4) is 0 Å². The highest BCUT2D eigenvalue weighted by atomic mass is 16.5. The van der Waals surface area contributed by atoms with Gasteiger partial charge in [-0.15, -0.1) is 0 Å². The van der Waals surface area contributed by atoms with Crippen molar-refractivity contribution in [3.8, 4) is 11.5 Å². The third-order valence-corrected chi connectivity index (χ3v) is 4.79. The predicted molar refractivity (Wildman–Crippen MR) is 98.5 cm³/mol. The Labute approximate surface area is 148 Å². The van der Waals surface area contributed by atoms with Crippen LogP contribution in [0.15, 0.2) is 24.3 Å². The van der Waals surface area contributed by atoms with Gasteiger partial charge in [0.1, 0.15) is 5.82 Å². The van der Waals surface area contributed by atoms with Crippen LogP contribution >= 0.6 is 0 Å². The Morgan fingerprint density at radius 2 is 1.76 bits per heavy atom. The molecule has 1 amide bonds. The van der Waals surface area contributed by atoms with Crippen LogP contribution in [0.5, 0.6) is 11.5 Å². The summed E-state index contributed by atoms with van der Waals surface area (Å²) in [7, 11) is 6.90. The second kappa shape index (κ2) is 7.17.